The summed E-state index contributed by atoms with van der Waals surface area (Å²) < 4.78 is 0. The maximum absolute atomic E-state index is 10.8. The molecule has 1 fully saturated rings. The summed E-state index contributed by atoms with van der Waals surface area (Å²) in [5.41, 5.74) is 3.08. The number of hydrogen-bond donors (Lipinski definition) is 1. The van der Waals surface area contributed by atoms with Crippen molar-refractivity contribution in [2.75, 3.05) is 0 Å². The lowest BCUT2D eigenvalue weighted by molar-refractivity contribution is 0.0553. The van der Waals surface area contributed by atoms with Crippen LogP contribution in [-0.2, 0) is 0 Å². The Bertz CT molecular complexity index is 626. The molecule has 3 unspecified atom stereocenters. The average molecular weight is 283 g/mol. The van der Waals surface area contributed by atoms with Crippen LogP contribution < -0.4 is 0 Å². The molecule has 0 amide bonds. The Morgan fingerprint density at radius 3 is 2.48 bits per heavy atom. The predicted octanol–water partition coefficient (Wildman–Crippen LogP) is 4.65. The third kappa shape index (κ3) is 3.11. The Morgan fingerprint density at radius 1 is 1.05 bits per heavy atom. The van der Waals surface area contributed by atoms with Crippen LogP contribution >= 0.6 is 0 Å². The first-order valence-electron chi connectivity index (χ1n) is 8.08. The number of rotatable bonds is 2. The first kappa shape index (κ1) is 14.5. The van der Waals surface area contributed by atoms with Crippen molar-refractivity contribution < 1.29 is 5.11 Å². The van der Waals surface area contributed by atoms with Gasteiger partial charge in [-0.05, 0) is 67.7 Å². The highest BCUT2D eigenvalue weighted by Gasteiger charge is 2.29. The van der Waals surface area contributed by atoms with Crippen LogP contribution in [0.25, 0.3) is 10.9 Å². The molecule has 2 nitrogen and oxygen atoms in total. The van der Waals surface area contributed by atoms with Crippen molar-refractivity contribution in [2.24, 2.45) is 17.8 Å². The molecule has 0 saturated heterocycles. The fourth-order valence-corrected chi connectivity index (χ4v) is 3.97. The Morgan fingerprint density at radius 2 is 1.76 bits per heavy atom. The molecular formula is C19H25NO. The molecule has 1 heterocycles. The van der Waals surface area contributed by atoms with Gasteiger partial charge in [-0.1, -0.05) is 26.0 Å². The molecule has 3 atom stereocenters. The maximum atomic E-state index is 10.8. The lowest BCUT2D eigenvalue weighted by atomic mass is 9.73. The van der Waals surface area contributed by atoms with Crippen molar-refractivity contribution in [3.8, 4) is 0 Å². The van der Waals surface area contributed by atoms with Crippen molar-refractivity contribution >= 4 is 10.9 Å². The minimum Gasteiger partial charge on any atom is -0.388 e. The van der Waals surface area contributed by atoms with Crippen LogP contribution in [0.15, 0.2) is 30.3 Å². The summed E-state index contributed by atoms with van der Waals surface area (Å²) in [5.74, 6) is 1.83. The van der Waals surface area contributed by atoms with Gasteiger partial charge < -0.3 is 5.11 Å². The zero-order valence-electron chi connectivity index (χ0n) is 13.2. The number of aromatic nitrogens is 1. The van der Waals surface area contributed by atoms with Gasteiger partial charge in [0.15, 0.2) is 0 Å². The van der Waals surface area contributed by atoms with Crippen molar-refractivity contribution in [3.63, 3.8) is 0 Å². The number of aliphatic hydroxyl groups is 1. The summed E-state index contributed by atoms with van der Waals surface area (Å²) in [4.78, 5) is 4.53. The smallest absolute Gasteiger partial charge is 0.0818 e. The van der Waals surface area contributed by atoms with Crippen molar-refractivity contribution in [1.29, 1.82) is 0 Å². The van der Waals surface area contributed by atoms with Gasteiger partial charge in [-0.3, -0.25) is 4.98 Å². The number of nitrogens with zero attached hydrogens (tertiary/aromatic N) is 1. The highest BCUT2D eigenvalue weighted by Crippen LogP contribution is 2.40. The molecule has 0 aliphatic heterocycles. The monoisotopic (exact) mass is 283 g/mol. The van der Waals surface area contributed by atoms with E-state index in [1.807, 2.05) is 25.1 Å². The van der Waals surface area contributed by atoms with E-state index in [0.29, 0.717) is 5.92 Å². The van der Waals surface area contributed by atoms with Crippen LogP contribution in [0.2, 0.25) is 0 Å². The van der Waals surface area contributed by atoms with E-state index < -0.39 is 0 Å². The third-order valence-electron chi connectivity index (χ3n) is 4.86. The number of pyridine rings is 1. The Balaban J connectivity index is 1.87. The minimum absolute atomic E-state index is 0.346. The van der Waals surface area contributed by atoms with Crippen molar-refractivity contribution in [2.45, 2.75) is 46.1 Å². The van der Waals surface area contributed by atoms with Crippen LogP contribution in [0, 0.1) is 24.7 Å². The van der Waals surface area contributed by atoms with Gasteiger partial charge in [0.2, 0.25) is 0 Å². The molecule has 0 spiro atoms. The first-order chi connectivity index (χ1) is 10.0. The molecule has 0 bridgehead atoms. The number of benzene rings is 1. The van der Waals surface area contributed by atoms with Gasteiger partial charge in [-0.15, -0.1) is 0 Å². The lowest BCUT2D eigenvalue weighted by Crippen LogP contribution is -2.24. The second kappa shape index (κ2) is 5.76. The summed E-state index contributed by atoms with van der Waals surface area (Å²) in [6.07, 6.45) is 3.22. The number of aliphatic hydroxyl groups excluding tert-OH is 1. The van der Waals surface area contributed by atoms with E-state index in [4.69, 9.17) is 0 Å². The van der Waals surface area contributed by atoms with Gasteiger partial charge in [0.25, 0.3) is 0 Å². The highest BCUT2D eigenvalue weighted by molar-refractivity contribution is 5.79. The topological polar surface area (TPSA) is 33.1 Å². The van der Waals surface area contributed by atoms with Gasteiger partial charge in [0.05, 0.1) is 11.6 Å². The molecule has 2 aromatic rings. The highest BCUT2D eigenvalue weighted by atomic mass is 16.3. The van der Waals surface area contributed by atoms with E-state index in [-0.39, 0.29) is 6.10 Å². The van der Waals surface area contributed by atoms with E-state index in [1.165, 1.54) is 6.42 Å². The van der Waals surface area contributed by atoms with Gasteiger partial charge >= 0.3 is 0 Å². The SMILES string of the molecule is Cc1ccc2cc(C(O)C3CC(C)CC(C)C3)ccc2n1. The second-order valence-electron chi connectivity index (χ2n) is 7.03. The molecule has 0 radical (unpaired) electrons. The van der Waals surface area contributed by atoms with E-state index >= 15 is 0 Å². The van der Waals surface area contributed by atoms with E-state index in [2.05, 4.69) is 31.0 Å². The normalized spacial score (nSPS) is 27.7. The minimum atomic E-state index is -0.346. The maximum Gasteiger partial charge on any atom is 0.0818 e. The number of fused-ring (bicyclic) bond motifs is 1. The Hall–Kier alpha value is -1.41. The van der Waals surface area contributed by atoms with Gasteiger partial charge in [-0.2, -0.15) is 0 Å². The molecule has 1 N–H and O–H groups in total. The molecule has 112 valence electrons. The molecule has 3 rings (SSSR count). The van der Waals surface area contributed by atoms with Gasteiger partial charge in [0, 0.05) is 11.1 Å². The molecule has 1 aliphatic rings. The van der Waals surface area contributed by atoms with E-state index in [1.54, 1.807) is 0 Å². The van der Waals surface area contributed by atoms with Crippen molar-refractivity contribution in [1.82, 2.24) is 4.98 Å². The average Bonchev–Trinajstić information content (AvgIpc) is 2.45. The summed E-state index contributed by atoms with van der Waals surface area (Å²) in [7, 11) is 0. The largest absolute Gasteiger partial charge is 0.388 e. The summed E-state index contributed by atoms with van der Waals surface area (Å²) in [5, 5.41) is 11.9. The summed E-state index contributed by atoms with van der Waals surface area (Å²) in [6, 6.07) is 10.3. The van der Waals surface area contributed by atoms with E-state index in [9.17, 15) is 5.11 Å². The molecule has 1 aromatic carbocycles. The Kier molecular flexibility index (Phi) is 3.99. The van der Waals surface area contributed by atoms with Crippen molar-refractivity contribution in [3.05, 3.63) is 41.6 Å². The van der Waals surface area contributed by atoms with Gasteiger partial charge in [-0.25, -0.2) is 0 Å². The molecule has 1 aliphatic carbocycles. The second-order valence-corrected chi connectivity index (χ2v) is 7.03. The van der Waals surface area contributed by atoms with Crippen LogP contribution in [-0.4, -0.2) is 10.1 Å². The van der Waals surface area contributed by atoms with Crippen LogP contribution in [0.1, 0.15) is 50.5 Å². The molecule has 1 saturated carbocycles. The first-order valence-corrected chi connectivity index (χ1v) is 8.08. The molecule has 1 aromatic heterocycles. The Labute approximate surface area is 127 Å². The number of aryl methyl sites for hydroxylation is 1. The summed E-state index contributed by atoms with van der Waals surface area (Å²) >= 11 is 0. The third-order valence-corrected chi connectivity index (χ3v) is 4.86. The van der Waals surface area contributed by atoms with E-state index in [0.717, 1.165) is 46.8 Å². The van der Waals surface area contributed by atoms with Crippen LogP contribution in [0.4, 0.5) is 0 Å². The summed E-state index contributed by atoms with van der Waals surface area (Å²) in [6.45, 7) is 6.62. The number of hydrogen-bond acceptors (Lipinski definition) is 2. The predicted molar refractivity (Wildman–Crippen MR) is 87.1 cm³/mol. The standard InChI is InChI=1S/C19H25NO/c1-12-8-13(2)10-17(9-12)19(21)16-6-7-18-15(11-16)5-4-14(3)20-18/h4-7,11-13,17,19,21H,8-10H2,1-3H3. The fraction of sp³-hybridized carbons (Fsp3) is 0.526. The molecular weight excluding hydrogens is 258 g/mol. The molecule has 21 heavy (non-hydrogen) atoms. The zero-order valence-corrected chi connectivity index (χ0v) is 13.2. The van der Waals surface area contributed by atoms with Crippen LogP contribution in [0.5, 0.6) is 0 Å². The zero-order chi connectivity index (χ0) is 15.0. The lowest BCUT2D eigenvalue weighted by Gasteiger charge is -2.34. The van der Waals surface area contributed by atoms with Gasteiger partial charge in [0.1, 0.15) is 0 Å². The van der Waals surface area contributed by atoms with Crippen LogP contribution in [0.3, 0.4) is 0 Å². The quantitative estimate of drug-likeness (QED) is 0.870. The fourth-order valence-electron chi connectivity index (χ4n) is 3.97. The molecule has 2 heteroatoms.